The van der Waals surface area contributed by atoms with Crippen LogP contribution < -0.4 is 31.0 Å². The van der Waals surface area contributed by atoms with E-state index in [0.717, 1.165) is 27.0 Å². The quantitative estimate of drug-likeness (QED) is 0.0976. The van der Waals surface area contributed by atoms with Gasteiger partial charge in [0.25, 0.3) is 17.4 Å². The highest BCUT2D eigenvalue weighted by atomic mass is 35.5. The molecule has 1 fully saturated rings. The average molecular weight is 820 g/mol. The molecule has 0 bridgehead atoms. The predicted molar refractivity (Wildman–Crippen MR) is 215 cm³/mol. The van der Waals surface area contributed by atoms with Gasteiger partial charge in [0, 0.05) is 62.9 Å². The van der Waals surface area contributed by atoms with Crippen molar-refractivity contribution < 1.29 is 42.9 Å². The van der Waals surface area contributed by atoms with Crippen molar-refractivity contribution in [3.8, 4) is 22.6 Å². The molecule has 3 N–H and O–H groups in total. The summed E-state index contributed by atoms with van der Waals surface area (Å²) in [5.74, 6) is -1.28. The lowest BCUT2D eigenvalue weighted by Gasteiger charge is -2.27. The van der Waals surface area contributed by atoms with Crippen LogP contribution in [0.25, 0.3) is 21.9 Å². The molecular formula is C40H46ClN7O10. The monoisotopic (exact) mass is 819 g/mol. The van der Waals surface area contributed by atoms with Gasteiger partial charge in [-0.25, -0.2) is 0 Å². The van der Waals surface area contributed by atoms with E-state index in [1.807, 2.05) is 30.1 Å². The van der Waals surface area contributed by atoms with Crippen LogP contribution in [-0.2, 0) is 37.4 Å². The van der Waals surface area contributed by atoms with Crippen molar-refractivity contribution in [1.29, 1.82) is 0 Å². The number of anilines is 1. The van der Waals surface area contributed by atoms with Crippen molar-refractivity contribution >= 4 is 58.4 Å². The molecule has 58 heavy (non-hydrogen) atoms. The Morgan fingerprint density at radius 1 is 0.931 bits per heavy atom. The Bertz CT molecular complexity index is 2240. The zero-order chi connectivity index (χ0) is 40.6. The van der Waals surface area contributed by atoms with Crippen LogP contribution in [0.4, 0.5) is 5.69 Å². The fourth-order valence-electron chi connectivity index (χ4n) is 6.97. The number of rotatable bonds is 18. The summed E-state index contributed by atoms with van der Waals surface area (Å²) in [6.07, 6.45) is 5.12. The number of aromatic nitrogens is 2. The number of imide groups is 2. The van der Waals surface area contributed by atoms with E-state index in [-0.39, 0.29) is 67.6 Å². The van der Waals surface area contributed by atoms with Crippen LogP contribution in [0.5, 0.6) is 11.5 Å². The number of piperidine rings is 1. The minimum Gasteiger partial charge on any atom is -0.496 e. The number of ether oxygens (including phenoxy) is 4. The van der Waals surface area contributed by atoms with E-state index in [9.17, 15) is 28.8 Å². The molecule has 0 saturated carbocycles. The molecule has 2 aromatic carbocycles. The number of nitrogens with one attached hydrogen (secondary N) is 3. The Balaban J connectivity index is 0.00000641. The Kier molecular flexibility index (Phi) is 14.6. The first-order chi connectivity index (χ1) is 27.5. The van der Waals surface area contributed by atoms with E-state index in [4.69, 9.17) is 18.9 Å². The first-order valence-electron chi connectivity index (χ1n) is 18.4. The van der Waals surface area contributed by atoms with E-state index in [2.05, 4.69) is 20.9 Å². The van der Waals surface area contributed by atoms with Crippen molar-refractivity contribution in [2.75, 3.05) is 72.6 Å². The normalized spacial score (nSPS) is 15.0. The van der Waals surface area contributed by atoms with Crippen LogP contribution in [0.1, 0.15) is 39.1 Å². The van der Waals surface area contributed by atoms with Crippen LogP contribution in [0.2, 0.25) is 0 Å². The van der Waals surface area contributed by atoms with Crippen LogP contribution in [0.15, 0.2) is 59.8 Å². The number of likely N-dealkylation sites (N-methyl/N-ethyl adjacent to an activating group) is 1. The molecule has 308 valence electrons. The number of halogens is 1. The third kappa shape index (κ3) is 9.45. The molecule has 4 heterocycles. The van der Waals surface area contributed by atoms with E-state index in [1.165, 1.54) is 10.6 Å². The minimum absolute atomic E-state index is 0. The highest BCUT2D eigenvalue weighted by Gasteiger charge is 2.45. The van der Waals surface area contributed by atoms with Gasteiger partial charge >= 0.3 is 0 Å². The summed E-state index contributed by atoms with van der Waals surface area (Å²) < 4.78 is 24.3. The number of hydrogen-bond acceptors (Lipinski definition) is 13. The smallest absolute Gasteiger partial charge is 0.264 e. The number of benzene rings is 2. The number of nitrogens with zero attached hydrogens (tertiary/aromatic N) is 4. The van der Waals surface area contributed by atoms with Gasteiger partial charge in [0.15, 0.2) is 0 Å². The summed E-state index contributed by atoms with van der Waals surface area (Å²) in [6, 6.07) is 9.42. The molecule has 0 spiro atoms. The number of amides is 5. The SMILES string of the molecule is COc1cc(-c2cn(C)c(=O)c3cnccc23)cc(OC)c1CN(C)CC(=O)NCCOCCOCCNc1cccc2c1C(=O)N(C1CCC(=O)NC1=O)C2=O.Cl. The summed E-state index contributed by atoms with van der Waals surface area (Å²) in [7, 11) is 6.66. The second-order valence-corrected chi connectivity index (χ2v) is 13.6. The topological polar surface area (TPSA) is 200 Å². The maximum Gasteiger partial charge on any atom is 0.264 e. The number of aryl methyl sites for hydroxylation is 1. The zero-order valence-corrected chi connectivity index (χ0v) is 33.4. The maximum atomic E-state index is 13.2. The number of methoxy groups -OCH3 is 2. The fraction of sp³-hybridized carbons (Fsp3) is 0.375. The van der Waals surface area contributed by atoms with Crippen LogP contribution >= 0.6 is 12.4 Å². The van der Waals surface area contributed by atoms with Gasteiger partial charge in [0.2, 0.25) is 17.7 Å². The van der Waals surface area contributed by atoms with Gasteiger partial charge in [0.1, 0.15) is 17.5 Å². The molecule has 6 rings (SSSR count). The van der Waals surface area contributed by atoms with Gasteiger partial charge < -0.3 is 34.1 Å². The molecule has 5 amide bonds. The average Bonchev–Trinajstić information content (AvgIpc) is 3.45. The van der Waals surface area contributed by atoms with Crippen molar-refractivity contribution in [3.63, 3.8) is 0 Å². The second-order valence-electron chi connectivity index (χ2n) is 13.6. The molecule has 1 saturated heterocycles. The van der Waals surface area contributed by atoms with E-state index < -0.39 is 29.7 Å². The molecular weight excluding hydrogens is 774 g/mol. The lowest BCUT2D eigenvalue weighted by molar-refractivity contribution is -0.136. The minimum atomic E-state index is -1.04. The fourth-order valence-corrected chi connectivity index (χ4v) is 6.97. The molecule has 0 aliphatic carbocycles. The third-order valence-electron chi connectivity index (χ3n) is 9.72. The standard InChI is InChI=1S/C40H45N7O10.ClH/c1-45(21-29-32(54-3)18-24(19-33(29)55-4)28-22-46(2)38(51)27-20-41-11-10-25(27)28)23-35(49)43-13-15-57-17-16-56-14-12-42-30-7-5-6-26-36(30)40(53)47(39(26)52)31-8-9-34(48)44-37(31)50;/h5-7,10-11,18-20,22,31,42H,8-9,12-17,21,23H2,1-4H3,(H,43,49)(H,44,48,50);1H. The Morgan fingerprint density at radius 3 is 2.33 bits per heavy atom. The van der Waals surface area contributed by atoms with Crippen LogP contribution in [0.3, 0.4) is 0 Å². The van der Waals surface area contributed by atoms with Crippen LogP contribution in [0, 0.1) is 0 Å². The molecule has 2 aliphatic heterocycles. The van der Waals surface area contributed by atoms with Crippen molar-refractivity contribution in [2.24, 2.45) is 7.05 Å². The van der Waals surface area contributed by atoms with Gasteiger partial charge in [-0.3, -0.25) is 48.9 Å². The van der Waals surface area contributed by atoms with Gasteiger partial charge in [0.05, 0.1) is 69.3 Å². The maximum absolute atomic E-state index is 13.2. The van der Waals surface area contributed by atoms with Gasteiger partial charge in [-0.1, -0.05) is 6.07 Å². The van der Waals surface area contributed by atoms with E-state index >= 15 is 0 Å². The summed E-state index contributed by atoms with van der Waals surface area (Å²) >= 11 is 0. The second kappa shape index (κ2) is 19.5. The molecule has 17 nitrogen and oxygen atoms in total. The number of hydrogen-bond donors (Lipinski definition) is 3. The predicted octanol–water partition coefficient (Wildman–Crippen LogP) is 2.13. The van der Waals surface area contributed by atoms with Crippen LogP contribution in [-0.4, -0.2) is 122 Å². The summed E-state index contributed by atoms with van der Waals surface area (Å²) in [5, 5.41) is 9.44. The van der Waals surface area contributed by atoms with Crippen molar-refractivity contribution in [1.82, 2.24) is 30.0 Å². The molecule has 2 aliphatic rings. The number of carbonyl (C=O) groups is 5. The number of fused-ring (bicyclic) bond motifs is 2. The summed E-state index contributed by atoms with van der Waals surface area (Å²) in [6.45, 7) is 2.29. The van der Waals surface area contributed by atoms with Gasteiger partial charge in [-0.2, -0.15) is 0 Å². The molecule has 18 heteroatoms. The third-order valence-corrected chi connectivity index (χ3v) is 9.72. The molecule has 1 unspecified atom stereocenters. The van der Waals surface area contributed by atoms with Crippen molar-refractivity contribution in [2.45, 2.75) is 25.4 Å². The summed E-state index contributed by atoms with van der Waals surface area (Å²) in [5.41, 5.74) is 3.07. The molecule has 4 aromatic rings. The summed E-state index contributed by atoms with van der Waals surface area (Å²) in [4.78, 5) is 82.5. The van der Waals surface area contributed by atoms with Gasteiger partial charge in [-0.05, 0) is 54.8 Å². The number of pyridine rings is 2. The lowest BCUT2D eigenvalue weighted by atomic mass is 9.99. The van der Waals surface area contributed by atoms with E-state index in [0.29, 0.717) is 55.4 Å². The lowest BCUT2D eigenvalue weighted by Crippen LogP contribution is -2.54. The Morgan fingerprint density at radius 2 is 1.64 bits per heavy atom. The largest absolute Gasteiger partial charge is 0.496 e. The van der Waals surface area contributed by atoms with E-state index in [1.54, 1.807) is 52.0 Å². The first-order valence-corrected chi connectivity index (χ1v) is 18.4. The molecule has 0 radical (unpaired) electrons. The molecule has 1 atom stereocenters. The molecule has 2 aromatic heterocycles. The van der Waals surface area contributed by atoms with Crippen molar-refractivity contribution in [3.05, 3.63) is 82.0 Å². The van der Waals surface area contributed by atoms with Gasteiger partial charge in [-0.15, -0.1) is 12.4 Å². The first kappa shape index (κ1) is 43.2. The highest BCUT2D eigenvalue weighted by molar-refractivity contribution is 6.25. The Labute approximate surface area is 340 Å². The highest BCUT2D eigenvalue weighted by Crippen LogP contribution is 2.38. The zero-order valence-electron chi connectivity index (χ0n) is 32.6. The number of carbonyl (C=O) groups excluding carboxylic acids is 5. The Hall–Kier alpha value is -5.88.